The fraction of sp³-hybridized carbons (Fsp3) is 0.429. The normalized spacial score (nSPS) is 12.7. The van der Waals surface area contributed by atoms with Crippen LogP contribution in [0.3, 0.4) is 0 Å². The Balaban J connectivity index is 3.04. The van der Waals surface area contributed by atoms with E-state index < -0.39 is 11.9 Å². The van der Waals surface area contributed by atoms with Gasteiger partial charge in [-0.15, -0.1) is 0 Å². The summed E-state index contributed by atoms with van der Waals surface area (Å²) in [7, 11) is 1.47. The number of nitrogens with two attached hydrogens (primary N) is 2. The van der Waals surface area contributed by atoms with Crippen molar-refractivity contribution in [3.63, 3.8) is 0 Å². The number of amides is 2. The fourth-order valence-corrected chi connectivity index (χ4v) is 1.56. The van der Waals surface area contributed by atoms with Gasteiger partial charge in [-0.1, -0.05) is 20.8 Å². The van der Waals surface area contributed by atoms with E-state index in [0.29, 0.717) is 11.4 Å². The Morgan fingerprint density at radius 2 is 1.90 bits per heavy atom. The third-order valence-corrected chi connectivity index (χ3v) is 2.96. The second kappa shape index (κ2) is 5.92. The summed E-state index contributed by atoms with van der Waals surface area (Å²) in [6.07, 6.45) is 0. The summed E-state index contributed by atoms with van der Waals surface area (Å²) >= 11 is 0. The Morgan fingerprint density at radius 1 is 1.30 bits per heavy atom. The summed E-state index contributed by atoms with van der Waals surface area (Å²) in [6, 6.07) is 3.87. The SMILES string of the molecule is COc1ccc(C(N)=O)cc1NC(=O)[C@H](N)C(C)(C)C. The van der Waals surface area contributed by atoms with Crippen molar-refractivity contribution in [2.45, 2.75) is 26.8 Å². The zero-order valence-corrected chi connectivity index (χ0v) is 12.2. The van der Waals surface area contributed by atoms with Crippen molar-refractivity contribution in [2.75, 3.05) is 12.4 Å². The van der Waals surface area contributed by atoms with Gasteiger partial charge >= 0.3 is 0 Å². The Labute approximate surface area is 118 Å². The van der Waals surface area contributed by atoms with Gasteiger partial charge in [0.05, 0.1) is 18.8 Å². The van der Waals surface area contributed by atoms with E-state index in [0.717, 1.165) is 0 Å². The maximum absolute atomic E-state index is 12.1. The van der Waals surface area contributed by atoms with Crippen LogP contribution in [0.2, 0.25) is 0 Å². The molecule has 6 heteroatoms. The van der Waals surface area contributed by atoms with Gasteiger partial charge in [0, 0.05) is 5.56 Å². The molecule has 5 N–H and O–H groups in total. The Bertz CT molecular complexity index is 521. The summed E-state index contributed by atoms with van der Waals surface area (Å²) in [5.74, 6) is -0.495. The van der Waals surface area contributed by atoms with Crippen molar-refractivity contribution < 1.29 is 14.3 Å². The maximum atomic E-state index is 12.1. The minimum atomic E-state index is -0.690. The average molecular weight is 279 g/mol. The number of methoxy groups -OCH3 is 1. The average Bonchev–Trinajstić information content (AvgIpc) is 2.36. The first-order valence-electron chi connectivity index (χ1n) is 6.21. The summed E-state index contributed by atoms with van der Waals surface area (Å²) in [6.45, 7) is 5.61. The fourth-order valence-electron chi connectivity index (χ4n) is 1.56. The minimum Gasteiger partial charge on any atom is -0.495 e. The Hall–Kier alpha value is -2.08. The van der Waals surface area contributed by atoms with E-state index in [1.165, 1.54) is 19.2 Å². The zero-order chi connectivity index (χ0) is 15.5. The predicted molar refractivity (Wildman–Crippen MR) is 77.6 cm³/mol. The van der Waals surface area contributed by atoms with Crippen LogP contribution in [0.15, 0.2) is 18.2 Å². The van der Waals surface area contributed by atoms with E-state index in [9.17, 15) is 9.59 Å². The number of ether oxygens (including phenoxy) is 1. The molecule has 0 aliphatic rings. The van der Waals surface area contributed by atoms with Crippen molar-refractivity contribution in [1.29, 1.82) is 0 Å². The van der Waals surface area contributed by atoms with Gasteiger partial charge in [0.2, 0.25) is 11.8 Å². The van der Waals surface area contributed by atoms with Crippen LogP contribution < -0.4 is 21.5 Å². The van der Waals surface area contributed by atoms with Gasteiger partial charge < -0.3 is 21.5 Å². The standard InChI is InChI=1S/C14H21N3O3/c1-14(2,3)11(15)13(19)17-9-7-8(12(16)18)5-6-10(9)20-4/h5-7,11H,15H2,1-4H3,(H2,16,18)(H,17,19)/t11-/m0/s1. The summed E-state index contributed by atoms with van der Waals surface area (Å²) < 4.78 is 5.14. The first kappa shape index (κ1) is 16.0. The molecule has 20 heavy (non-hydrogen) atoms. The van der Waals surface area contributed by atoms with E-state index in [1.54, 1.807) is 6.07 Å². The number of rotatable bonds is 4. The molecule has 0 unspecified atom stereocenters. The van der Waals surface area contributed by atoms with Crippen LogP contribution in [-0.4, -0.2) is 25.0 Å². The molecule has 1 atom stereocenters. The van der Waals surface area contributed by atoms with E-state index in [-0.39, 0.29) is 16.9 Å². The molecule has 1 aromatic rings. The first-order chi connectivity index (χ1) is 9.16. The molecule has 0 heterocycles. The van der Waals surface area contributed by atoms with Gasteiger partial charge in [-0.3, -0.25) is 9.59 Å². The highest BCUT2D eigenvalue weighted by Gasteiger charge is 2.28. The molecular weight excluding hydrogens is 258 g/mol. The van der Waals surface area contributed by atoms with E-state index in [1.807, 2.05) is 20.8 Å². The van der Waals surface area contributed by atoms with Crippen molar-refractivity contribution in [1.82, 2.24) is 0 Å². The topological polar surface area (TPSA) is 107 Å². The van der Waals surface area contributed by atoms with E-state index in [4.69, 9.17) is 16.2 Å². The number of carbonyl (C=O) groups excluding carboxylic acids is 2. The third-order valence-electron chi connectivity index (χ3n) is 2.96. The Kier molecular flexibility index (Phi) is 4.73. The molecule has 2 amide bonds. The monoisotopic (exact) mass is 279 g/mol. The van der Waals surface area contributed by atoms with Crippen LogP contribution in [-0.2, 0) is 4.79 Å². The van der Waals surface area contributed by atoms with Crippen LogP contribution >= 0.6 is 0 Å². The molecule has 110 valence electrons. The number of carbonyl (C=O) groups is 2. The lowest BCUT2D eigenvalue weighted by atomic mass is 9.87. The summed E-state index contributed by atoms with van der Waals surface area (Å²) in [4.78, 5) is 23.3. The van der Waals surface area contributed by atoms with Crippen molar-refractivity contribution in [3.8, 4) is 5.75 Å². The third kappa shape index (κ3) is 3.71. The van der Waals surface area contributed by atoms with Crippen LogP contribution in [0.5, 0.6) is 5.75 Å². The molecular formula is C14H21N3O3. The van der Waals surface area contributed by atoms with Crippen LogP contribution in [0.4, 0.5) is 5.69 Å². The van der Waals surface area contributed by atoms with Gasteiger partial charge in [-0.2, -0.15) is 0 Å². The highest BCUT2D eigenvalue weighted by Crippen LogP contribution is 2.27. The number of benzene rings is 1. The van der Waals surface area contributed by atoms with Crippen LogP contribution in [0.1, 0.15) is 31.1 Å². The number of hydrogen-bond acceptors (Lipinski definition) is 4. The number of hydrogen-bond donors (Lipinski definition) is 3. The van der Waals surface area contributed by atoms with Gasteiger partial charge in [-0.25, -0.2) is 0 Å². The molecule has 0 aromatic heterocycles. The number of anilines is 1. The van der Waals surface area contributed by atoms with Crippen molar-refractivity contribution in [2.24, 2.45) is 16.9 Å². The first-order valence-corrected chi connectivity index (χ1v) is 6.21. The lowest BCUT2D eigenvalue weighted by Gasteiger charge is -2.26. The molecule has 0 aliphatic heterocycles. The number of nitrogens with one attached hydrogen (secondary N) is 1. The van der Waals surface area contributed by atoms with Crippen LogP contribution in [0.25, 0.3) is 0 Å². The summed E-state index contributed by atoms with van der Waals surface area (Å²) in [5, 5.41) is 2.67. The zero-order valence-electron chi connectivity index (χ0n) is 12.2. The van der Waals surface area contributed by atoms with Crippen molar-refractivity contribution in [3.05, 3.63) is 23.8 Å². The largest absolute Gasteiger partial charge is 0.495 e. The lowest BCUT2D eigenvalue weighted by molar-refractivity contribution is -0.119. The molecule has 0 saturated carbocycles. The molecule has 0 aliphatic carbocycles. The van der Waals surface area contributed by atoms with Gasteiger partial charge in [0.1, 0.15) is 5.75 Å². The second-order valence-electron chi connectivity index (χ2n) is 5.61. The van der Waals surface area contributed by atoms with Gasteiger partial charge in [0.15, 0.2) is 0 Å². The highest BCUT2D eigenvalue weighted by molar-refractivity contribution is 5.99. The lowest BCUT2D eigenvalue weighted by Crippen LogP contribution is -2.45. The molecule has 0 radical (unpaired) electrons. The van der Waals surface area contributed by atoms with Crippen LogP contribution in [0, 0.1) is 5.41 Å². The second-order valence-corrected chi connectivity index (χ2v) is 5.61. The summed E-state index contributed by atoms with van der Waals surface area (Å²) in [5.41, 5.74) is 11.4. The molecule has 0 saturated heterocycles. The van der Waals surface area contributed by atoms with Crippen molar-refractivity contribution >= 4 is 17.5 Å². The highest BCUT2D eigenvalue weighted by atomic mass is 16.5. The maximum Gasteiger partial charge on any atom is 0.248 e. The molecule has 1 aromatic carbocycles. The van der Waals surface area contributed by atoms with Gasteiger partial charge in [-0.05, 0) is 23.6 Å². The van der Waals surface area contributed by atoms with Gasteiger partial charge in [0.25, 0.3) is 0 Å². The minimum absolute atomic E-state index is 0.283. The predicted octanol–water partition coefficient (Wildman–Crippen LogP) is 1.11. The number of primary amides is 1. The molecule has 6 nitrogen and oxygen atoms in total. The molecule has 0 bridgehead atoms. The van der Waals surface area contributed by atoms with E-state index in [2.05, 4.69) is 5.32 Å². The Morgan fingerprint density at radius 3 is 2.35 bits per heavy atom. The molecule has 0 spiro atoms. The molecule has 1 rings (SSSR count). The smallest absolute Gasteiger partial charge is 0.248 e. The quantitative estimate of drug-likeness (QED) is 0.767. The van der Waals surface area contributed by atoms with E-state index >= 15 is 0 Å². The molecule has 0 fully saturated rings.